The fourth-order valence-corrected chi connectivity index (χ4v) is 6.33. The first-order valence-electron chi connectivity index (χ1n) is 18.6. The summed E-state index contributed by atoms with van der Waals surface area (Å²) in [5.41, 5.74) is 4.70. The van der Waals surface area contributed by atoms with Gasteiger partial charge in [0, 0.05) is 12.5 Å². The number of imidazole rings is 1. The number of fused-ring (bicyclic) bond motifs is 1. The molecule has 0 aliphatic heterocycles. The van der Waals surface area contributed by atoms with Crippen molar-refractivity contribution in [1.82, 2.24) is 35.2 Å². The van der Waals surface area contributed by atoms with Crippen molar-refractivity contribution in [1.29, 1.82) is 0 Å². The van der Waals surface area contributed by atoms with Gasteiger partial charge in [0.15, 0.2) is 5.82 Å². The molecule has 2 aromatic heterocycles. The van der Waals surface area contributed by atoms with Crippen molar-refractivity contribution < 1.29 is 43.6 Å². The van der Waals surface area contributed by atoms with Crippen LogP contribution in [0.5, 0.6) is 6.01 Å². The van der Waals surface area contributed by atoms with Crippen LogP contribution in [0.1, 0.15) is 76.2 Å². The minimum absolute atomic E-state index is 0.101. The molecule has 0 radical (unpaired) electrons. The predicted molar refractivity (Wildman–Crippen MR) is 201 cm³/mol. The van der Waals surface area contributed by atoms with E-state index in [2.05, 4.69) is 30.9 Å². The summed E-state index contributed by atoms with van der Waals surface area (Å²) in [4.78, 5) is 37.1. The van der Waals surface area contributed by atoms with Gasteiger partial charge in [0.05, 0.1) is 48.9 Å². The molecule has 2 N–H and O–H groups in total. The highest BCUT2D eigenvalue weighted by molar-refractivity contribution is 6.02. The van der Waals surface area contributed by atoms with E-state index < -0.39 is 18.4 Å². The highest BCUT2D eigenvalue weighted by Crippen LogP contribution is 2.32. The molecule has 0 bridgehead atoms. The SMILES string of the molecule is CCOc1nc2cccc(C(=O)OC(C)OC(=O)OCC3CCC(O/N=[N+](\O)N(C)C(C)(C)C)CC3)c2n1Cc1ccc(-c2ccccc2-c2nnn[nH]2)cc1. The molecule has 1 saturated carbocycles. The van der Waals surface area contributed by atoms with Crippen LogP contribution in [0.25, 0.3) is 33.5 Å². The molecule has 1 unspecified atom stereocenters. The van der Waals surface area contributed by atoms with Gasteiger partial charge in [-0.3, -0.25) is 4.57 Å². The van der Waals surface area contributed by atoms with E-state index in [0.717, 1.165) is 35.1 Å². The number of nitrogens with one attached hydrogen (secondary N) is 1. The van der Waals surface area contributed by atoms with Crippen molar-refractivity contribution in [3.05, 3.63) is 77.9 Å². The zero-order valence-electron chi connectivity index (χ0n) is 32.4. The standard InChI is InChI=1S/C39H48N9O8/c1-7-52-37-40-33-14-10-13-32(34(33)47(37)23-26-15-19-28(20-16-26)30-11-8-9-12-31(30)35-41-43-44-42-35)36(49)54-25(2)55-38(50)53-24-27-17-21-29(22-18-27)56-45-48(51)46(6)39(3,4)5/h8-16,19-20,25,27,29H,7,17-18,21-24H2,1-6H3,(H,45,51)(H,41,42,43,44)/q+1. The minimum atomic E-state index is -1.23. The number of nitrogens with zero attached hydrogens (tertiary/aromatic N) is 8. The number of tetrazole rings is 1. The molecule has 5 aromatic rings. The number of hydrogen-bond acceptors (Lipinski definition) is 12. The number of benzene rings is 3. The van der Waals surface area contributed by atoms with Crippen LogP contribution in [0.4, 0.5) is 4.79 Å². The number of carbonyl (C=O) groups excluding carboxylic acids is 2. The van der Waals surface area contributed by atoms with E-state index in [1.807, 2.05) is 80.8 Å². The average Bonchev–Trinajstić information content (AvgIpc) is 3.85. The van der Waals surface area contributed by atoms with Crippen molar-refractivity contribution in [2.45, 2.75) is 84.8 Å². The minimum Gasteiger partial charge on any atom is -0.465 e. The lowest BCUT2D eigenvalue weighted by atomic mass is 9.88. The van der Waals surface area contributed by atoms with Gasteiger partial charge in [0.2, 0.25) is 6.29 Å². The number of rotatable bonds is 14. The summed E-state index contributed by atoms with van der Waals surface area (Å²) >= 11 is 0. The Kier molecular flexibility index (Phi) is 12.3. The van der Waals surface area contributed by atoms with Crippen molar-refractivity contribution >= 4 is 23.2 Å². The van der Waals surface area contributed by atoms with Crippen molar-refractivity contribution in [3.63, 3.8) is 0 Å². The van der Waals surface area contributed by atoms with E-state index >= 15 is 0 Å². The lowest BCUT2D eigenvalue weighted by Crippen LogP contribution is -2.43. The van der Waals surface area contributed by atoms with Gasteiger partial charge in [0.25, 0.3) is 16.3 Å². The monoisotopic (exact) mass is 770 g/mol. The highest BCUT2D eigenvalue weighted by atomic mass is 16.8. The summed E-state index contributed by atoms with van der Waals surface area (Å²) in [5, 5.41) is 29.8. The van der Waals surface area contributed by atoms with E-state index in [-0.39, 0.29) is 29.7 Å². The number of esters is 1. The van der Waals surface area contributed by atoms with Crippen LogP contribution in [-0.4, -0.2) is 95.7 Å². The second-order valence-corrected chi connectivity index (χ2v) is 14.5. The zero-order valence-corrected chi connectivity index (χ0v) is 32.4. The Hall–Kier alpha value is -6.26. The summed E-state index contributed by atoms with van der Waals surface area (Å²) in [5.74, 6) is -0.0296. The number of H-pyrrole nitrogens is 1. The third-order valence-electron chi connectivity index (χ3n) is 9.63. The fraction of sp³-hybridized carbons (Fsp3) is 0.436. The van der Waals surface area contributed by atoms with E-state index in [0.29, 0.717) is 53.8 Å². The topological polar surface area (TPSA) is 191 Å². The van der Waals surface area contributed by atoms with Crippen LogP contribution in [0.3, 0.4) is 0 Å². The molecule has 296 valence electrons. The first-order valence-corrected chi connectivity index (χ1v) is 18.6. The number of aromatic nitrogens is 6. The lowest BCUT2D eigenvalue weighted by molar-refractivity contribution is -0.946. The first-order chi connectivity index (χ1) is 26.9. The number of aromatic amines is 1. The molecule has 17 nitrogen and oxygen atoms in total. The molecular weight excluding hydrogens is 722 g/mol. The number of hydrazine groups is 1. The largest absolute Gasteiger partial charge is 0.511 e. The van der Waals surface area contributed by atoms with Gasteiger partial charge >= 0.3 is 12.1 Å². The average molecular weight is 771 g/mol. The molecular formula is C39H48N9O8+. The number of para-hydroxylation sites is 1. The van der Waals surface area contributed by atoms with Gasteiger partial charge in [-0.2, -0.15) is 4.98 Å². The van der Waals surface area contributed by atoms with Crippen LogP contribution in [0.15, 0.2) is 72.0 Å². The Balaban J connectivity index is 1.06. The third-order valence-corrected chi connectivity index (χ3v) is 9.63. The van der Waals surface area contributed by atoms with Crippen molar-refractivity contribution in [2.75, 3.05) is 20.3 Å². The van der Waals surface area contributed by atoms with E-state index in [9.17, 15) is 14.8 Å². The maximum absolute atomic E-state index is 13.6. The Bertz CT molecular complexity index is 2120. The maximum Gasteiger partial charge on any atom is 0.511 e. The summed E-state index contributed by atoms with van der Waals surface area (Å²) in [6.07, 6.45) is 0.510. The Morgan fingerprint density at radius 1 is 1.02 bits per heavy atom. The molecule has 17 heteroatoms. The third kappa shape index (κ3) is 9.51. The molecule has 1 fully saturated rings. The molecule has 2 heterocycles. The van der Waals surface area contributed by atoms with Crippen molar-refractivity contribution in [2.24, 2.45) is 11.2 Å². The van der Waals surface area contributed by atoms with Gasteiger partial charge in [0.1, 0.15) is 6.10 Å². The summed E-state index contributed by atoms with van der Waals surface area (Å²) in [6, 6.07) is 21.4. The first kappa shape index (κ1) is 39.4. The maximum atomic E-state index is 13.6. The molecule has 0 saturated heterocycles. The van der Waals surface area contributed by atoms with Crippen LogP contribution < -0.4 is 4.74 Å². The van der Waals surface area contributed by atoms with Crippen LogP contribution in [-0.2, 0) is 25.6 Å². The molecule has 56 heavy (non-hydrogen) atoms. The normalized spacial score (nSPS) is 16.6. The van der Waals surface area contributed by atoms with E-state index in [4.69, 9.17) is 23.8 Å². The summed E-state index contributed by atoms with van der Waals surface area (Å²) < 4.78 is 24.0. The summed E-state index contributed by atoms with van der Waals surface area (Å²) in [6.45, 7) is 9.99. The van der Waals surface area contributed by atoms with Crippen LogP contribution in [0.2, 0.25) is 0 Å². The molecule has 1 atom stereocenters. The highest BCUT2D eigenvalue weighted by Gasteiger charge is 2.30. The second-order valence-electron chi connectivity index (χ2n) is 14.5. The van der Waals surface area contributed by atoms with Gasteiger partial charge < -0.3 is 23.8 Å². The number of carbonyl (C=O) groups is 2. The zero-order chi connectivity index (χ0) is 39.8. The Labute approximate surface area is 324 Å². The molecule has 0 spiro atoms. The van der Waals surface area contributed by atoms with Crippen molar-refractivity contribution in [3.8, 4) is 28.5 Å². The Morgan fingerprint density at radius 3 is 2.43 bits per heavy atom. The number of hydrogen-bond donors (Lipinski definition) is 2. The molecule has 0 amide bonds. The van der Waals surface area contributed by atoms with Gasteiger partial charge in [-0.25, -0.2) is 19.9 Å². The molecule has 3 aromatic carbocycles. The van der Waals surface area contributed by atoms with Crippen LogP contribution >= 0.6 is 0 Å². The molecule has 1 aliphatic carbocycles. The molecule has 6 rings (SSSR count). The second kappa shape index (κ2) is 17.5. The van der Waals surface area contributed by atoms with Gasteiger partial charge in [-0.15, -0.1) is 10.1 Å². The van der Waals surface area contributed by atoms with E-state index in [1.165, 1.54) is 6.92 Å². The van der Waals surface area contributed by atoms with Gasteiger partial charge in [-0.05, 0) is 98.5 Å². The quantitative estimate of drug-likeness (QED) is 0.0387. The predicted octanol–water partition coefficient (Wildman–Crippen LogP) is 6.98. The number of ether oxygens (including phenoxy) is 4. The smallest absolute Gasteiger partial charge is 0.465 e. The van der Waals surface area contributed by atoms with E-state index in [1.54, 1.807) is 30.3 Å². The van der Waals surface area contributed by atoms with Gasteiger partial charge in [-0.1, -0.05) is 54.6 Å². The van der Waals surface area contributed by atoms with Crippen LogP contribution in [0, 0.1) is 5.92 Å². The molecule has 1 aliphatic rings. The Morgan fingerprint density at radius 2 is 1.75 bits per heavy atom. The fourth-order valence-electron chi connectivity index (χ4n) is 6.33. The lowest BCUT2D eigenvalue weighted by Gasteiger charge is -2.26. The summed E-state index contributed by atoms with van der Waals surface area (Å²) in [7, 11) is 1.71.